The molecule has 0 fully saturated rings. The number of nitrogens with one attached hydrogen (secondary N) is 3. The van der Waals surface area contributed by atoms with Crippen molar-refractivity contribution in [3.8, 4) is 12.1 Å². The van der Waals surface area contributed by atoms with E-state index >= 15 is 0 Å². The molecule has 184 valence electrons. The first-order valence-corrected chi connectivity index (χ1v) is 12.9. The van der Waals surface area contributed by atoms with Crippen LogP contribution in [0.25, 0.3) is 24.3 Å². The highest BCUT2D eigenvalue weighted by molar-refractivity contribution is 5.64. The van der Waals surface area contributed by atoms with E-state index in [-0.39, 0.29) is 0 Å². The normalized spacial score (nSPS) is 20.8. The lowest BCUT2D eigenvalue weighted by atomic mass is 9.93. The first-order chi connectivity index (χ1) is 17.4. The van der Waals surface area contributed by atoms with Crippen LogP contribution in [0.4, 0.5) is 0 Å². The van der Waals surface area contributed by atoms with Gasteiger partial charge in [0.15, 0.2) is 0 Å². The lowest BCUT2D eigenvalue weighted by Crippen LogP contribution is -2.12. The lowest BCUT2D eigenvalue weighted by Gasteiger charge is -2.07. The van der Waals surface area contributed by atoms with Crippen molar-refractivity contribution >= 4 is 24.3 Å². The van der Waals surface area contributed by atoms with Crippen molar-refractivity contribution in [2.24, 2.45) is 11.8 Å². The molecule has 0 saturated heterocycles. The second-order valence-electron chi connectivity index (χ2n) is 9.55. The van der Waals surface area contributed by atoms with Crippen LogP contribution in [0.15, 0.2) is 12.2 Å². The van der Waals surface area contributed by atoms with Gasteiger partial charge in [-0.3, -0.25) is 0 Å². The maximum Gasteiger partial charge on any atom is 0.0840 e. The topological polar surface area (TPSA) is 94.9 Å². The molecule has 0 aromatic carbocycles. The summed E-state index contributed by atoms with van der Waals surface area (Å²) in [6.45, 7) is 12.9. The van der Waals surface area contributed by atoms with Crippen LogP contribution in [0, 0.1) is 55.3 Å². The highest BCUT2D eigenvalue weighted by Crippen LogP contribution is 2.25. The molecule has 3 aromatic rings. The van der Waals surface area contributed by atoms with E-state index in [1.807, 2.05) is 24.3 Å². The number of allylic oxidation sites excluding steroid dienone is 2. The molecule has 1 aliphatic heterocycles. The molecule has 5 heteroatoms. The zero-order valence-electron chi connectivity index (χ0n) is 22.1. The van der Waals surface area contributed by atoms with Crippen LogP contribution in [0.2, 0.25) is 0 Å². The molecule has 3 N–H and O–H groups in total. The van der Waals surface area contributed by atoms with E-state index < -0.39 is 11.8 Å². The lowest BCUT2D eigenvalue weighted by molar-refractivity contribution is 0.706. The van der Waals surface area contributed by atoms with E-state index in [9.17, 15) is 10.5 Å². The van der Waals surface area contributed by atoms with Gasteiger partial charge in [0.05, 0.1) is 24.0 Å². The van der Waals surface area contributed by atoms with Gasteiger partial charge in [0.2, 0.25) is 0 Å². The van der Waals surface area contributed by atoms with E-state index in [1.165, 1.54) is 33.4 Å². The Morgan fingerprint density at radius 3 is 1.47 bits per heavy atom. The van der Waals surface area contributed by atoms with E-state index in [0.29, 0.717) is 0 Å². The van der Waals surface area contributed by atoms with E-state index in [0.717, 1.165) is 52.7 Å². The Labute approximate surface area is 213 Å². The summed E-state index contributed by atoms with van der Waals surface area (Å²) in [6.07, 6.45) is 14.8. The Hall–Kier alpha value is -3.96. The standard InChI is InChI=1S/C31H35N5/c1-7-23-18(4)26-12-10-21(16-32)22(17-33)11-13-27-19(5)24(8-2)30(35-27)15-31-25(9-3)20(6)28(36-31)14-29(23)34-26/h10-15,21-22,34-36H,7-9H2,1-6H3/b12-10-,13-11-,28-14-,31-15-. The molecule has 4 heterocycles. The molecule has 5 nitrogen and oxygen atoms in total. The maximum absolute atomic E-state index is 9.87. The number of rotatable bonds is 3. The summed E-state index contributed by atoms with van der Waals surface area (Å²) < 4.78 is 0. The first-order valence-electron chi connectivity index (χ1n) is 12.9. The van der Waals surface area contributed by atoms with Crippen LogP contribution in [-0.2, 0) is 19.3 Å². The fourth-order valence-electron chi connectivity index (χ4n) is 5.43. The predicted octanol–water partition coefficient (Wildman–Crippen LogP) is 5.26. The number of aromatic nitrogens is 3. The van der Waals surface area contributed by atoms with Crippen molar-refractivity contribution in [3.63, 3.8) is 0 Å². The quantitative estimate of drug-likeness (QED) is 0.480. The third-order valence-electron chi connectivity index (χ3n) is 7.62. The van der Waals surface area contributed by atoms with E-state index in [2.05, 4.69) is 80.8 Å². The van der Waals surface area contributed by atoms with Gasteiger partial charge in [-0.25, -0.2) is 0 Å². The second kappa shape index (κ2) is 10.3. The Bertz CT molecular complexity index is 1550. The Morgan fingerprint density at radius 1 is 0.611 bits per heavy atom. The van der Waals surface area contributed by atoms with Crippen LogP contribution in [-0.4, -0.2) is 15.0 Å². The molecular weight excluding hydrogens is 442 g/mol. The second-order valence-corrected chi connectivity index (χ2v) is 9.55. The van der Waals surface area contributed by atoms with Crippen molar-refractivity contribution < 1.29 is 0 Å². The van der Waals surface area contributed by atoms with Crippen LogP contribution in [0.5, 0.6) is 0 Å². The molecule has 0 amide bonds. The zero-order chi connectivity index (χ0) is 26.0. The highest BCUT2D eigenvalue weighted by atomic mass is 14.8. The molecule has 1 aliphatic rings. The summed E-state index contributed by atoms with van der Waals surface area (Å²) in [7, 11) is 0. The molecule has 6 bridgehead atoms. The van der Waals surface area contributed by atoms with Crippen molar-refractivity contribution in [1.29, 1.82) is 10.5 Å². The van der Waals surface area contributed by atoms with Crippen molar-refractivity contribution in [3.05, 3.63) is 79.0 Å². The predicted molar refractivity (Wildman–Crippen MR) is 147 cm³/mol. The van der Waals surface area contributed by atoms with Crippen molar-refractivity contribution in [2.75, 3.05) is 0 Å². The molecule has 36 heavy (non-hydrogen) atoms. The minimum atomic E-state index is -0.547. The average molecular weight is 478 g/mol. The van der Waals surface area contributed by atoms with Gasteiger partial charge in [-0.1, -0.05) is 32.9 Å². The Balaban J connectivity index is 2.07. The summed E-state index contributed by atoms with van der Waals surface area (Å²) in [5.74, 6) is -1.09. The Kier molecular flexibility index (Phi) is 7.22. The SMILES string of the molecule is CCc1c2[nH]c(c1C)/C=C\C(C#N)C(C#N)/C=C\c1[nH]c(c(CC)c1C)/C=c1\[nH]/c(c(C)c1CC)=C\2. The third-order valence-corrected chi connectivity index (χ3v) is 7.62. The maximum atomic E-state index is 9.87. The van der Waals surface area contributed by atoms with Crippen molar-refractivity contribution in [2.45, 2.75) is 60.8 Å². The molecule has 0 spiro atoms. The molecular formula is C31H35N5. The van der Waals surface area contributed by atoms with Gasteiger partial charge in [-0.2, -0.15) is 10.5 Å². The molecule has 2 unspecified atom stereocenters. The summed E-state index contributed by atoms with van der Waals surface area (Å²) in [5.41, 5.74) is 11.6. The van der Waals surface area contributed by atoms with Crippen LogP contribution >= 0.6 is 0 Å². The number of hydrogen-bond acceptors (Lipinski definition) is 2. The number of hydrogen-bond donors (Lipinski definition) is 3. The van der Waals surface area contributed by atoms with Crippen LogP contribution in [0.1, 0.15) is 76.9 Å². The van der Waals surface area contributed by atoms with Crippen molar-refractivity contribution in [1.82, 2.24) is 15.0 Å². The number of nitrogens with zero attached hydrogens (tertiary/aromatic N) is 2. The molecule has 0 saturated carbocycles. The van der Waals surface area contributed by atoms with Gasteiger partial charge in [0.25, 0.3) is 0 Å². The molecule has 0 aliphatic carbocycles. The fourth-order valence-corrected chi connectivity index (χ4v) is 5.43. The number of aromatic amines is 3. The van der Waals surface area contributed by atoms with E-state index in [1.54, 1.807) is 0 Å². The average Bonchev–Trinajstić information content (AvgIpc) is 3.45. The minimum Gasteiger partial charge on any atom is -0.355 e. The minimum absolute atomic E-state index is 0.547. The number of H-pyrrole nitrogens is 3. The highest BCUT2D eigenvalue weighted by Gasteiger charge is 2.18. The van der Waals surface area contributed by atoms with Gasteiger partial charge in [-0.15, -0.1) is 0 Å². The van der Waals surface area contributed by atoms with E-state index in [4.69, 9.17) is 0 Å². The monoisotopic (exact) mass is 477 g/mol. The van der Waals surface area contributed by atoms with Gasteiger partial charge in [0, 0.05) is 33.5 Å². The molecule has 3 aromatic heterocycles. The molecule has 4 rings (SSSR count). The largest absolute Gasteiger partial charge is 0.355 e. The smallest absolute Gasteiger partial charge is 0.0840 e. The van der Waals surface area contributed by atoms with Crippen LogP contribution in [0.3, 0.4) is 0 Å². The van der Waals surface area contributed by atoms with Gasteiger partial charge < -0.3 is 15.0 Å². The van der Waals surface area contributed by atoms with Gasteiger partial charge >= 0.3 is 0 Å². The Morgan fingerprint density at radius 2 is 1.06 bits per heavy atom. The summed E-state index contributed by atoms with van der Waals surface area (Å²) in [6, 6.07) is 4.64. The molecule has 0 radical (unpaired) electrons. The molecule has 2 atom stereocenters. The fraction of sp³-hybridized carbons (Fsp3) is 0.355. The number of nitriles is 2. The summed E-state index contributed by atoms with van der Waals surface area (Å²) in [4.78, 5) is 10.8. The summed E-state index contributed by atoms with van der Waals surface area (Å²) >= 11 is 0. The van der Waals surface area contributed by atoms with Gasteiger partial charge in [-0.05, 0) is 97.7 Å². The summed E-state index contributed by atoms with van der Waals surface area (Å²) in [5, 5.41) is 22.0. The number of fused-ring (bicyclic) bond motifs is 6. The first kappa shape index (κ1) is 25.1. The third kappa shape index (κ3) is 4.38. The van der Waals surface area contributed by atoms with Gasteiger partial charge in [0.1, 0.15) is 0 Å². The van der Waals surface area contributed by atoms with Crippen LogP contribution < -0.4 is 10.7 Å². The zero-order valence-corrected chi connectivity index (χ0v) is 22.1.